The molecule has 2 aromatic rings. The van der Waals surface area contributed by atoms with E-state index in [4.69, 9.17) is 16.3 Å². The molecule has 0 spiro atoms. The van der Waals surface area contributed by atoms with Crippen LogP contribution in [0, 0.1) is 5.82 Å². The first-order valence-electron chi connectivity index (χ1n) is 6.53. The normalized spacial score (nSPS) is 11.4. The summed E-state index contributed by atoms with van der Waals surface area (Å²) < 4.78 is 19.2. The van der Waals surface area contributed by atoms with Crippen LogP contribution in [0.25, 0.3) is 0 Å². The highest BCUT2D eigenvalue weighted by molar-refractivity contribution is 6.17. The van der Waals surface area contributed by atoms with Gasteiger partial charge in [0.05, 0.1) is 5.88 Å². The Morgan fingerprint density at radius 3 is 2.40 bits per heavy atom. The van der Waals surface area contributed by atoms with E-state index in [0.717, 1.165) is 11.3 Å². The maximum atomic E-state index is 13.2. The molecule has 0 unspecified atom stereocenters. The molecule has 0 saturated heterocycles. The molecule has 2 rings (SSSR count). The summed E-state index contributed by atoms with van der Waals surface area (Å²) in [5.41, 5.74) is 1.72. The number of hydrogen-bond acceptors (Lipinski definition) is 1. The van der Waals surface area contributed by atoms with Gasteiger partial charge in [-0.05, 0) is 29.7 Å². The largest absolute Gasteiger partial charge is 0.457 e. The highest BCUT2D eigenvalue weighted by Gasteiger charge is 2.19. The Kier molecular flexibility index (Phi) is 4.34. The summed E-state index contributed by atoms with van der Waals surface area (Å²) in [7, 11) is 0. The minimum absolute atomic E-state index is 0.0300. The minimum atomic E-state index is -0.308. The molecule has 2 aromatic carbocycles. The van der Waals surface area contributed by atoms with Crippen molar-refractivity contribution in [1.82, 2.24) is 0 Å². The Morgan fingerprint density at radius 2 is 1.75 bits per heavy atom. The van der Waals surface area contributed by atoms with Gasteiger partial charge < -0.3 is 4.74 Å². The summed E-state index contributed by atoms with van der Waals surface area (Å²) in [6.45, 7) is 6.38. The lowest BCUT2D eigenvalue weighted by molar-refractivity contribution is 0.450. The third-order valence-electron chi connectivity index (χ3n) is 3.08. The lowest BCUT2D eigenvalue weighted by Gasteiger charge is -2.23. The van der Waals surface area contributed by atoms with Gasteiger partial charge in [0.25, 0.3) is 0 Å². The van der Waals surface area contributed by atoms with Crippen molar-refractivity contribution in [3.8, 4) is 11.5 Å². The molecule has 0 saturated carbocycles. The van der Waals surface area contributed by atoms with Gasteiger partial charge in [0.2, 0.25) is 0 Å². The summed E-state index contributed by atoms with van der Waals surface area (Å²) in [6, 6.07) is 12.3. The van der Waals surface area contributed by atoms with Gasteiger partial charge in [0.1, 0.15) is 17.3 Å². The number of benzene rings is 2. The van der Waals surface area contributed by atoms with Crippen molar-refractivity contribution in [3.05, 3.63) is 59.4 Å². The molecule has 1 nitrogen and oxygen atoms in total. The SMILES string of the molecule is CC(C)(C)c1ccccc1Oc1ccc(F)cc1CCl. The second kappa shape index (κ2) is 5.84. The van der Waals surface area contributed by atoms with E-state index in [1.54, 1.807) is 6.07 Å². The summed E-state index contributed by atoms with van der Waals surface area (Å²) >= 11 is 5.85. The molecule has 0 aliphatic heterocycles. The van der Waals surface area contributed by atoms with Crippen LogP contribution in [0.5, 0.6) is 11.5 Å². The van der Waals surface area contributed by atoms with E-state index in [9.17, 15) is 4.39 Å². The number of halogens is 2. The second-order valence-electron chi connectivity index (χ2n) is 5.73. The fraction of sp³-hybridized carbons (Fsp3) is 0.294. The molecule has 0 fully saturated rings. The standard InChI is InChI=1S/C17H18ClFO/c1-17(2,3)14-6-4-5-7-16(14)20-15-9-8-13(19)10-12(15)11-18/h4-10H,11H2,1-3H3. The summed E-state index contributed by atoms with van der Waals surface area (Å²) in [6.07, 6.45) is 0. The Hall–Kier alpha value is -1.54. The predicted molar refractivity (Wildman–Crippen MR) is 81.2 cm³/mol. The molecular formula is C17H18ClFO. The molecule has 0 aromatic heterocycles. The van der Waals surface area contributed by atoms with E-state index in [1.165, 1.54) is 12.1 Å². The number of para-hydroxylation sites is 1. The Labute approximate surface area is 124 Å². The van der Waals surface area contributed by atoms with Gasteiger partial charge in [-0.15, -0.1) is 11.6 Å². The van der Waals surface area contributed by atoms with Crippen molar-refractivity contribution in [2.75, 3.05) is 0 Å². The lowest BCUT2D eigenvalue weighted by atomic mass is 9.86. The van der Waals surface area contributed by atoms with E-state index >= 15 is 0 Å². The van der Waals surface area contributed by atoms with Crippen LogP contribution < -0.4 is 4.74 Å². The third-order valence-corrected chi connectivity index (χ3v) is 3.37. The molecule has 0 aliphatic rings. The van der Waals surface area contributed by atoms with Crippen molar-refractivity contribution in [2.24, 2.45) is 0 Å². The first-order chi connectivity index (χ1) is 9.41. The molecular weight excluding hydrogens is 275 g/mol. The van der Waals surface area contributed by atoms with Gasteiger partial charge in [0.15, 0.2) is 0 Å². The molecule has 0 radical (unpaired) electrons. The van der Waals surface area contributed by atoms with Gasteiger partial charge in [-0.3, -0.25) is 0 Å². The van der Waals surface area contributed by atoms with Crippen LogP contribution >= 0.6 is 11.6 Å². The zero-order chi connectivity index (χ0) is 14.8. The monoisotopic (exact) mass is 292 g/mol. The van der Waals surface area contributed by atoms with E-state index < -0.39 is 0 Å². The van der Waals surface area contributed by atoms with Crippen molar-refractivity contribution in [3.63, 3.8) is 0 Å². The van der Waals surface area contributed by atoms with Crippen LogP contribution in [0.4, 0.5) is 4.39 Å². The Balaban J connectivity index is 2.41. The van der Waals surface area contributed by atoms with Crippen molar-refractivity contribution >= 4 is 11.6 Å². The number of rotatable bonds is 3. The molecule has 106 valence electrons. The van der Waals surface area contributed by atoms with Gasteiger partial charge in [0, 0.05) is 11.1 Å². The molecule has 0 N–H and O–H groups in total. The van der Waals surface area contributed by atoms with E-state index in [1.807, 2.05) is 24.3 Å². The fourth-order valence-electron chi connectivity index (χ4n) is 2.05. The molecule has 0 bridgehead atoms. The predicted octanol–water partition coefficient (Wildman–Crippen LogP) is 5.65. The number of alkyl halides is 1. The maximum absolute atomic E-state index is 13.2. The van der Waals surface area contributed by atoms with Gasteiger partial charge in [-0.1, -0.05) is 39.0 Å². The summed E-state index contributed by atoms with van der Waals surface area (Å²) in [5, 5.41) is 0. The van der Waals surface area contributed by atoms with Gasteiger partial charge in [-0.2, -0.15) is 0 Å². The zero-order valence-electron chi connectivity index (χ0n) is 11.9. The lowest BCUT2D eigenvalue weighted by Crippen LogP contribution is -2.12. The second-order valence-corrected chi connectivity index (χ2v) is 6.00. The highest BCUT2D eigenvalue weighted by Crippen LogP contribution is 2.35. The van der Waals surface area contributed by atoms with E-state index in [2.05, 4.69) is 20.8 Å². The summed E-state index contributed by atoms with van der Waals surface area (Å²) in [5.74, 6) is 1.28. The van der Waals surface area contributed by atoms with Crippen LogP contribution in [0.2, 0.25) is 0 Å². The minimum Gasteiger partial charge on any atom is -0.457 e. The molecule has 20 heavy (non-hydrogen) atoms. The van der Waals surface area contributed by atoms with Crippen LogP contribution in [-0.2, 0) is 11.3 Å². The smallest absolute Gasteiger partial charge is 0.132 e. The van der Waals surface area contributed by atoms with Crippen LogP contribution in [0.15, 0.2) is 42.5 Å². The quantitative estimate of drug-likeness (QED) is 0.664. The zero-order valence-corrected chi connectivity index (χ0v) is 12.7. The van der Waals surface area contributed by atoms with Crippen LogP contribution in [0.3, 0.4) is 0 Å². The van der Waals surface area contributed by atoms with Gasteiger partial charge >= 0.3 is 0 Å². The fourth-order valence-corrected chi connectivity index (χ4v) is 2.25. The van der Waals surface area contributed by atoms with E-state index in [0.29, 0.717) is 11.3 Å². The molecule has 0 aliphatic carbocycles. The van der Waals surface area contributed by atoms with Crippen molar-refractivity contribution in [2.45, 2.75) is 32.1 Å². The van der Waals surface area contributed by atoms with E-state index in [-0.39, 0.29) is 17.1 Å². The van der Waals surface area contributed by atoms with Crippen LogP contribution in [0.1, 0.15) is 31.9 Å². The van der Waals surface area contributed by atoms with Crippen LogP contribution in [-0.4, -0.2) is 0 Å². The molecule has 3 heteroatoms. The first kappa shape index (κ1) is 14.9. The average molecular weight is 293 g/mol. The van der Waals surface area contributed by atoms with Crippen molar-refractivity contribution in [1.29, 1.82) is 0 Å². The maximum Gasteiger partial charge on any atom is 0.132 e. The Bertz CT molecular complexity index is 602. The van der Waals surface area contributed by atoms with Crippen molar-refractivity contribution < 1.29 is 9.13 Å². The summed E-state index contributed by atoms with van der Waals surface area (Å²) in [4.78, 5) is 0. The topological polar surface area (TPSA) is 9.23 Å². The first-order valence-corrected chi connectivity index (χ1v) is 7.07. The third kappa shape index (κ3) is 3.31. The number of hydrogen-bond donors (Lipinski definition) is 0. The average Bonchev–Trinajstić information content (AvgIpc) is 2.40. The highest BCUT2D eigenvalue weighted by atomic mass is 35.5. The van der Waals surface area contributed by atoms with Gasteiger partial charge in [-0.25, -0.2) is 4.39 Å². The molecule has 0 heterocycles. The number of ether oxygens (including phenoxy) is 1. The molecule has 0 atom stereocenters. The molecule has 0 amide bonds. The Morgan fingerprint density at radius 1 is 1.05 bits per heavy atom.